The minimum atomic E-state index is -0.188. The topological polar surface area (TPSA) is 54.2 Å². The van der Waals surface area contributed by atoms with Crippen molar-refractivity contribution in [2.24, 2.45) is 0 Å². The summed E-state index contributed by atoms with van der Waals surface area (Å²) >= 11 is 5.84. The number of hydrogen-bond acceptors (Lipinski definition) is 4. The number of allylic oxidation sites excluding steroid dienone is 1. The number of rotatable bonds is 6. The third kappa shape index (κ3) is 4.75. The van der Waals surface area contributed by atoms with Crippen molar-refractivity contribution in [1.82, 2.24) is 20.4 Å². The van der Waals surface area contributed by atoms with Crippen LogP contribution in [0.15, 0.2) is 89.1 Å². The summed E-state index contributed by atoms with van der Waals surface area (Å²) in [5.74, 6) is 1.07. The molecule has 3 aromatic carbocycles. The van der Waals surface area contributed by atoms with Gasteiger partial charge in [0.15, 0.2) is 5.11 Å². The van der Waals surface area contributed by atoms with Crippen LogP contribution in [0, 0.1) is 6.92 Å². The van der Waals surface area contributed by atoms with Gasteiger partial charge in [-0.05, 0) is 49.2 Å². The quantitative estimate of drug-likeness (QED) is 0.319. The molecule has 1 atom stereocenters. The zero-order chi connectivity index (χ0) is 24.4. The van der Waals surface area contributed by atoms with Crippen LogP contribution in [0.2, 0.25) is 0 Å². The molecule has 0 saturated heterocycles. The Labute approximate surface area is 211 Å². The highest BCUT2D eigenvalue weighted by atomic mass is 32.1. The molecule has 5 rings (SSSR count). The summed E-state index contributed by atoms with van der Waals surface area (Å²) in [6.45, 7) is 6.95. The van der Waals surface area contributed by atoms with Crippen LogP contribution in [-0.4, -0.2) is 20.2 Å². The Hall–Kier alpha value is -3.77. The second-order valence-corrected chi connectivity index (χ2v) is 9.22. The van der Waals surface area contributed by atoms with Gasteiger partial charge in [0.05, 0.1) is 11.6 Å². The van der Waals surface area contributed by atoms with Crippen molar-refractivity contribution in [1.29, 1.82) is 0 Å². The first kappa shape index (κ1) is 23.0. The lowest BCUT2D eigenvalue weighted by molar-refractivity contribution is 0.396. The summed E-state index contributed by atoms with van der Waals surface area (Å²) in [5, 5.41) is 8.54. The summed E-state index contributed by atoms with van der Waals surface area (Å²) in [4.78, 5) is 6.92. The molecule has 4 aromatic rings. The number of nitrogens with zero attached hydrogens (tertiary/aromatic N) is 3. The zero-order valence-corrected chi connectivity index (χ0v) is 21.0. The molecule has 0 fully saturated rings. The van der Waals surface area contributed by atoms with E-state index in [0.29, 0.717) is 23.4 Å². The molecule has 0 saturated carbocycles. The van der Waals surface area contributed by atoms with E-state index >= 15 is 0 Å². The summed E-state index contributed by atoms with van der Waals surface area (Å²) in [6.07, 6.45) is 0.993. The first-order valence-electron chi connectivity index (χ1n) is 11.9. The van der Waals surface area contributed by atoms with Gasteiger partial charge in [-0.3, -0.25) is 0 Å². The molecule has 176 valence electrons. The monoisotopic (exact) mass is 480 g/mol. The van der Waals surface area contributed by atoms with E-state index in [2.05, 4.69) is 84.7 Å². The SMILES string of the molecule is CCc1ccc(C2NC(=S)N(Cc3ccccc3)C(C)=C2c2nc(-c3ccc(C)cc3)no2)cc1. The molecule has 0 spiro atoms. The number of aryl methyl sites for hydroxylation is 2. The predicted octanol–water partition coefficient (Wildman–Crippen LogP) is 6.47. The molecule has 1 N–H and O–H groups in total. The van der Waals surface area contributed by atoms with E-state index < -0.39 is 0 Å². The molecule has 1 aliphatic rings. The molecule has 2 heterocycles. The van der Waals surface area contributed by atoms with E-state index in [4.69, 9.17) is 21.7 Å². The van der Waals surface area contributed by atoms with Gasteiger partial charge in [0.1, 0.15) is 0 Å². The van der Waals surface area contributed by atoms with Crippen LogP contribution in [0.1, 0.15) is 48.0 Å². The van der Waals surface area contributed by atoms with E-state index in [-0.39, 0.29) is 6.04 Å². The Morgan fingerprint density at radius 3 is 2.31 bits per heavy atom. The first-order chi connectivity index (χ1) is 17.0. The Morgan fingerprint density at radius 2 is 1.63 bits per heavy atom. The maximum Gasteiger partial charge on any atom is 0.258 e. The minimum absolute atomic E-state index is 0.188. The highest BCUT2D eigenvalue weighted by Crippen LogP contribution is 2.38. The number of benzene rings is 3. The Kier molecular flexibility index (Phi) is 6.47. The summed E-state index contributed by atoms with van der Waals surface area (Å²) < 4.78 is 5.86. The van der Waals surface area contributed by atoms with Crippen LogP contribution in [0.4, 0.5) is 0 Å². The molecule has 6 heteroatoms. The molecule has 0 aliphatic carbocycles. The van der Waals surface area contributed by atoms with Gasteiger partial charge in [-0.25, -0.2) is 0 Å². The van der Waals surface area contributed by atoms with Gasteiger partial charge in [-0.1, -0.05) is 96.5 Å². The molecule has 35 heavy (non-hydrogen) atoms. The average Bonchev–Trinajstić information content (AvgIpc) is 3.37. The van der Waals surface area contributed by atoms with Crippen molar-refractivity contribution in [2.45, 2.75) is 39.8 Å². The zero-order valence-electron chi connectivity index (χ0n) is 20.2. The standard InChI is InChI=1S/C29H28N4OS/c1-4-21-12-16-23(17-13-21)26-25(28-31-27(32-34-28)24-14-10-19(2)11-15-24)20(3)33(29(35)30-26)18-22-8-6-5-7-9-22/h5-17,26H,4,18H2,1-3H3,(H,30,35). The first-order valence-corrected chi connectivity index (χ1v) is 12.3. The molecule has 0 amide bonds. The van der Waals surface area contributed by atoms with Crippen molar-refractivity contribution in [2.75, 3.05) is 0 Å². The van der Waals surface area contributed by atoms with E-state index in [1.165, 1.54) is 16.7 Å². The average molecular weight is 481 g/mol. The second kappa shape index (κ2) is 9.84. The third-order valence-electron chi connectivity index (χ3n) is 6.47. The molecular weight excluding hydrogens is 452 g/mol. The van der Waals surface area contributed by atoms with Gasteiger partial charge >= 0.3 is 0 Å². The van der Waals surface area contributed by atoms with Gasteiger partial charge in [-0.15, -0.1) is 0 Å². The lowest BCUT2D eigenvalue weighted by Crippen LogP contribution is -2.45. The van der Waals surface area contributed by atoms with E-state index in [1.807, 2.05) is 30.3 Å². The highest BCUT2D eigenvalue weighted by Gasteiger charge is 2.34. The van der Waals surface area contributed by atoms with Crippen LogP contribution in [-0.2, 0) is 13.0 Å². The van der Waals surface area contributed by atoms with E-state index in [9.17, 15) is 0 Å². The number of hydrogen-bond donors (Lipinski definition) is 1. The smallest absolute Gasteiger partial charge is 0.258 e. The normalized spacial score (nSPS) is 15.9. The number of thiocarbonyl (C=S) groups is 1. The van der Waals surface area contributed by atoms with Crippen LogP contribution >= 0.6 is 12.2 Å². The van der Waals surface area contributed by atoms with Crippen molar-refractivity contribution in [3.05, 3.63) is 113 Å². The largest absolute Gasteiger partial charge is 0.351 e. The maximum atomic E-state index is 5.86. The van der Waals surface area contributed by atoms with Crippen molar-refractivity contribution in [3.8, 4) is 11.4 Å². The fourth-order valence-electron chi connectivity index (χ4n) is 4.36. The Bertz CT molecular complexity index is 1360. The van der Waals surface area contributed by atoms with Crippen LogP contribution in [0.25, 0.3) is 17.0 Å². The van der Waals surface area contributed by atoms with E-state index in [0.717, 1.165) is 28.8 Å². The van der Waals surface area contributed by atoms with Gasteiger partial charge < -0.3 is 14.7 Å². The molecule has 1 unspecified atom stereocenters. The number of aromatic nitrogens is 2. The molecule has 0 bridgehead atoms. The highest BCUT2D eigenvalue weighted by molar-refractivity contribution is 7.80. The second-order valence-electron chi connectivity index (χ2n) is 8.84. The van der Waals surface area contributed by atoms with Crippen molar-refractivity contribution >= 4 is 22.9 Å². The van der Waals surface area contributed by atoms with Gasteiger partial charge in [0.25, 0.3) is 5.89 Å². The molecule has 1 aliphatic heterocycles. The van der Waals surface area contributed by atoms with Gasteiger partial charge in [0, 0.05) is 17.8 Å². The number of nitrogens with one attached hydrogen (secondary N) is 1. The van der Waals surface area contributed by atoms with Crippen molar-refractivity contribution in [3.63, 3.8) is 0 Å². The molecule has 1 aromatic heterocycles. The summed E-state index contributed by atoms with van der Waals surface area (Å²) in [5.41, 5.74) is 7.62. The van der Waals surface area contributed by atoms with Crippen LogP contribution < -0.4 is 5.32 Å². The van der Waals surface area contributed by atoms with Gasteiger partial charge in [-0.2, -0.15) is 4.98 Å². The minimum Gasteiger partial charge on any atom is -0.351 e. The van der Waals surface area contributed by atoms with Gasteiger partial charge in [0.2, 0.25) is 5.82 Å². The lowest BCUT2D eigenvalue weighted by Gasteiger charge is -2.37. The fourth-order valence-corrected chi connectivity index (χ4v) is 4.68. The van der Waals surface area contributed by atoms with Crippen molar-refractivity contribution < 1.29 is 4.52 Å². The molecule has 5 nitrogen and oxygen atoms in total. The maximum absolute atomic E-state index is 5.86. The van der Waals surface area contributed by atoms with Crippen LogP contribution in [0.5, 0.6) is 0 Å². The predicted molar refractivity (Wildman–Crippen MR) is 143 cm³/mol. The molecule has 0 radical (unpaired) electrons. The fraction of sp³-hybridized carbons (Fsp3) is 0.207. The summed E-state index contributed by atoms with van der Waals surface area (Å²) in [6, 6.07) is 26.9. The summed E-state index contributed by atoms with van der Waals surface area (Å²) in [7, 11) is 0. The lowest BCUT2D eigenvalue weighted by atomic mass is 9.93. The van der Waals surface area contributed by atoms with E-state index in [1.54, 1.807) is 0 Å². The third-order valence-corrected chi connectivity index (χ3v) is 6.81. The Balaban J connectivity index is 1.58. The molecular formula is C29H28N4OS. The Morgan fingerprint density at radius 1 is 0.914 bits per heavy atom. The van der Waals surface area contributed by atoms with Crippen LogP contribution in [0.3, 0.4) is 0 Å².